The molecule has 0 saturated heterocycles. The van der Waals surface area contributed by atoms with Gasteiger partial charge in [0.1, 0.15) is 5.75 Å². The van der Waals surface area contributed by atoms with Crippen LogP contribution in [0.1, 0.15) is 48.5 Å². The summed E-state index contributed by atoms with van der Waals surface area (Å²) in [5.41, 5.74) is 1.33. The van der Waals surface area contributed by atoms with Crippen LogP contribution in [0.15, 0.2) is 18.2 Å². The largest absolute Gasteiger partial charge is 0.507 e. The molecule has 1 aromatic rings. The van der Waals surface area contributed by atoms with Crippen LogP contribution in [-0.2, 0) is 0 Å². The Morgan fingerprint density at radius 2 is 1.94 bits per heavy atom. The third-order valence-corrected chi connectivity index (χ3v) is 3.75. The number of hydrogen-bond donors (Lipinski definition) is 2. The maximum absolute atomic E-state index is 12.1. The molecule has 3 nitrogen and oxygen atoms in total. The molecule has 1 aliphatic rings. The Hall–Kier alpha value is -1.51. The van der Waals surface area contributed by atoms with Gasteiger partial charge in [-0.2, -0.15) is 0 Å². The Balaban J connectivity index is 1.99. The third-order valence-electron chi connectivity index (χ3n) is 3.75. The molecule has 0 aliphatic heterocycles. The fraction of sp³-hybridized carbons (Fsp3) is 0.533. The molecule has 1 aliphatic carbocycles. The summed E-state index contributed by atoms with van der Waals surface area (Å²) in [4.78, 5) is 12.1. The zero-order chi connectivity index (χ0) is 13.1. The maximum atomic E-state index is 12.1. The summed E-state index contributed by atoms with van der Waals surface area (Å²) in [5.74, 6) is 0.676. The zero-order valence-corrected chi connectivity index (χ0v) is 11.1. The molecule has 2 rings (SSSR count). The summed E-state index contributed by atoms with van der Waals surface area (Å²) in [6.45, 7) is 4.15. The molecule has 0 spiro atoms. The number of rotatable bonds is 2. The molecule has 2 N–H and O–H groups in total. The van der Waals surface area contributed by atoms with E-state index in [9.17, 15) is 9.90 Å². The van der Waals surface area contributed by atoms with E-state index in [1.807, 2.05) is 13.0 Å². The average molecular weight is 247 g/mol. The first kappa shape index (κ1) is 12.9. The normalized spacial score (nSPS) is 23.7. The highest BCUT2D eigenvalue weighted by molar-refractivity contribution is 5.97. The number of phenols is 1. The second-order valence-corrected chi connectivity index (χ2v) is 5.45. The van der Waals surface area contributed by atoms with Gasteiger partial charge in [0.25, 0.3) is 5.91 Å². The van der Waals surface area contributed by atoms with Gasteiger partial charge < -0.3 is 10.4 Å². The molecular weight excluding hydrogens is 226 g/mol. The summed E-state index contributed by atoms with van der Waals surface area (Å²) in [7, 11) is 0. The van der Waals surface area contributed by atoms with Crippen molar-refractivity contribution < 1.29 is 9.90 Å². The van der Waals surface area contributed by atoms with Gasteiger partial charge in [-0.1, -0.05) is 13.0 Å². The summed E-state index contributed by atoms with van der Waals surface area (Å²) < 4.78 is 0. The summed E-state index contributed by atoms with van der Waals surface area (Å²) in [6, 6.07) is 5.41. The number of hydrogen-bond acceptors (Lipinski definition) is 2. The Bertz CT molecular complexity index is 434. The number of amides is 1. The third kappa shape index (κ3) is 3.03. The van der Waals surface area contributed by atoms with Crippen LogP contribution in [-0.4, -0.2) is 17.1 Å². The summed E-state index contributed by atoms with van der Waals surface area (Å²) >= 11 is 0. The first-order valence-electron chi connectivity index (χ1n) is 6.66. The number of aromatic hydroxyl groups is 1. The van der Waals surface area contributed by atoms with Gasteiger partial charge in [-0.25, -0.2) is 0 Å². The zero-order valence-electron chi connectivity index (χ0n) is 11.1. The van der Waals surface area contributed by atoms with Gasteiger partial charge in [0.05, 0.1) is 5.56 Å². The number of phenolic OH excluding ortho intramolecular Hbond substituents is 1. The minimum absolute atomic E-state index is 0.0664. The second-order valence-electron chi connectivity index (χ2n) is 5.45. The van der Waals surface area contributed by atoms with E-state index in [0.717, 1.165) is 24.3 Å². The van der Waals surface area contributed by atoms with Crippen molar-refractivity contribution in [1.29, 1.82) is 0 Å². The van der Waals surface area contributed by atoms with E-state index >= 15 is 0 Å². The van der Waals surface area contributed by atoms with Gasteiger partial charge in [-0.05, 0) is 56.2 Å². The van der Waals surface area contributed by atoms with Crippen LogP contribution >= 0.6 is 0 Å². The molecule has 98 valence electrons. The van der Waals surface area contributed by atoms with Gasteiger partial charge in [0.2, 0.25) is 0 Å². The number of carbonyl (C=O) groups is 1. The molecule has 1 amide bonds. The SMILES string of the molecule is Cc1ccc(C(=O)NC2CCC(C)CC2)c(O)c1. The molecule has 0 heterocycles. The lowest BCUT2D eigenvalue weighted by atomic mass is 9.87. The summed E-state index contributed by atoms with van der Waals surface area (Å²) in [6.07, 6.45) is 4.43. The van der Waals surface area contributed by atoms with E-state index in [0.29, 0.717) is 5.56 Å². The van der Waals surface area contributed by atoms with Crippen LogP contribution in [0, 0.1) is 12.8 Å². The average Bonchev–Trinajstić information content (AvgIpc) is 2.32. The number of aryl methyl sites for hydroxylation is 1. The molecule has 0 bridgehead atoms. The van der Waals surface area contributed by atoms with Gasteiger partial charge >= 0.3 is 0 Å². The topological polar surface area (TPSA) is 49.3 Å². The lowest BCUT2D eigenvalue weighted by Gasteiger charge is -2.27. The molecule has 1 fully saturated rings. The minimum Gasteiger partial charge on any atom is -0.507 e. The van der Waals surface area contributed by atoms with Crippen molar-refractivity contribution in [3.8, 4) is 5.75 Å². The van der Waals surface area contributed by atoms with Gasteiger partial charge in [0, 0.05) is 6.04 Å². The number of carbonyl (C=O) groups excluding carboxylic acids is 1. The van der Waals surface area contributed by atoms with Gasteiger partial charge in [-0.3, -0.25) is 4.79 Å². The highest BCUT2D eigenvalue weighted by Crippen LogP contribution is 2.24. The Labute approximate surface area is 108 Å². The molecule has 1 aromatic carbocycles. The maximum Gasteiger partial charge on any atom is 0.255 e. The van der Waals surface area contributed by atoms with Crippen molar-refractivity contribution >= 4 is 5.91 Å². The highest BCUT2D eigenvalue weighted by atomic mass is 16.3. The van der Waals surface area contributed by atoms with Crippen LogP contribution in [0.5, 0.6) is 5.75 Å². The molecular formula is C15H21NO2. The molecule has 0 unspecified atom stereocenters. The quantitative estimate of drug-likeness (QED) is 0.844. The Morgan fingerprint density at radius 3 is 2.56 bits per heavy atom. The Morgan fingerprint density at radius 1 is 1.28 bits per heavy atom. The van der Waals surface area contributed by atoms with Gasteiger partial charge in [-0.15, -0.1) is 0 Å². The molecule has 0 aromatic heterocycles. The van der Waals surface area contributed by atoms with Crippen molar-refractivity contribution in [3.05, 3.63) is 29.3 Å². The van der Waals surface area contributed by atoms with Crippen LogP contribution in [0.2, 0.25) is 0 Å². The molecule has 0 radical (unpaired) electrons. The predicted molar refractivity (Wildman–Crippen MR) is 71.7 cm³/mol. The van der Waals surface area contributed by atoms with Crippen molar-refractivity contribution in [2.75, 3.05) is 0 Å². The lowest BCUT2D eigenvalue weighted by Crippen LogP contribution is -2.37. The predicted octanol–water partition coefficient (Wildman–Crippen LogP) is 3.01. The second kappa shape index (κ2) is 5.42. The van der Waals surface area contributed by atoms with Crippen molar-refractivity contribution in [2.45, 2.75) is 45.6 Å². The van der Waals surface area contributed by atoms with E-state index in [1.165, 1.54) is 12.8 Å². The first-order chi connectivity index (χ1) is 8.56. The smallest absolute Gasteiger partial charge is 0.255 e. The molecule has 3 heteroatoms. The van der Waals surface area contributed by atoms with E-state index in [-0.39, 0.29) is 17.7 Å². The van der Waals surface area contributed by atoms with Crippen molar-refractivity contribution in [3.63, 3.8) is 0 Å². The minimum atomic E-state index is -0.160. The highest BCUT2D eigenvalue weighted by Gasteiger charge is 2.21. The van der Waals surface area contributed by atoms with E-state index in [2.05, 4.69) is 12.2 Å². The lowest BCUT2D eigenvalue weighted by molar-refractivity contribution is 0.0920. The summed E-state index contributed by atoms with van der Waals surface area (Å²) in [5, 5.41) is 12.8. The fourth-order valence-electron chi connectivity index (χ4n) is 2.50. The van der Waals surface area contributed by atoms with E-state index in [4.69, 9.17) is 0 Å². The van der Waals surface area contributed by atoms with Crippen LogP contribution in [0.4, 0.5) is 0 Å². The number of benzene rings is 1. The number of nitrogens with one attached hydrogen (secondary N) is 1. The monoisotopic (exact) mass is 247 g/mol. The van der Waals surface area contributed by atoms with Crippen molar-refractivity contribution in [1.82, 2.24) is 5.32 Å². The molecule has 18 heavy (non-hydrogen) atoms. The fourth-order valence-corrected chi connectivity index (χ4v) is 2.50. The first-order valence-corrected chi connectivity index (χ1v) is 6.66. The van der Waals surface area contributed by atoms with Crippen LogP contribution in [0.3, 0.4) is 0 Å². The van der Waals surface area contributed by atoms with E-state index in [1.54, 1.807) is 12.1 Å². The van der Waals surface area contributed by atoms with Crippen LogP contribution < -0.4 is 5.32 Å². The standard InChI is InChI=1S/C15H21NO2/c1-10-3-6-12(7-4-10)16-15(18)13-8-5-11(2)9-14(13)17/h5,8-10,12,17H,3-4,6-7H2,1-2H3,(H,16,18). The molecule has 1 saturated carbocycles. The van der Waals surface area contributed by atoms with Crippen LogP contribution in [0.25, 0.3) is 0 Å². The van der Waals surface area contributed by atoms with Crippen molar-refractivity contribution in [2.24, 2.45) is 5.92 Å². The van der Waals surface area contributed by atoms with Gasteiger partial charge in [0.15, 0.2) is 0 Å². The van der Waals surface area contributed by atoms with E-state index < -0.39 is 0 Å². The Kier molecular flexibility index (Phi) is 3.90. The molecule has 0 atom stereocenters.